The highest BCUT2D eigenvalue weighted by molar-refractivity contribution is 8.01. The van der Waals surface area contributed by atoms with E-state index in [2.05, 4.69) is 0 Å². The molecule has 1 atom stereocenters. The van der Waals surface area contributed by atoms with Gasteiger partial charge in [0.25, 0.3) is 0 Å². The Morgan fingerprint density at radius 2 is 2.06 bits per heavy atom. The molecule has 0 aliphatic carbocycles. The van der Waals surface area contributed by atoms with Gasteiger partial charge in [0.15, 0.2) is 5.78 Å². The summed E-state index contributed by atoms with van der Waals surface area (Å²) in [7, 11) is 0. The summed E-state index contributed by atoms with van der Waals surface area (Å²) in [6.45, 7) is 3.48. The minimum Gasteiger partial charge on any atom is -0.379 e. The van der Waals surface area contributed by atoms with Gasteiger partial charge >= 0.3 is 0 Å². The summed E-state index contributed by atoms with van der Waals surface area (Å²) >= 11 is 7.46. The van der Waals surface area contributed by atoms with E-state index in [1.54, 1.807) is 36.0 Å². The van der Waals surface area contributed by atoms with Crippen LogP contribution in [0.2, 0.25) is 5.02 Å². The number of ketones is 1. The van der Waals surface area contributed by atoms with E-state index in [9.17, 15) is 4.79 Å². The van der Waals surface area contributed by atoms with Crippen LogP contribution in [-0.2, 0) is 4.74 Å². The second-order valence-electron chi connectivity index (χ2n) is 3.81. The predicted octanol–water partition coefficient (Wildman–Crippen LogP) is 3.04. The molecule has 1 unspecified atom stereocenters. The van der Waals surface area contributed by atoms with Gasteiger partial charge in [-0.25, -0.2) is 0 Å². The summed E-state index contributed by atoms with van der Waals surface area (Å²) < 4.78 is 5.09. The van der Waals surface area contributed by atoms with E-state index in [1.807, 2.05) is 6.92 Å². The van der Waals surface area contributed by atoms with Crippen LogP contribution in [0, 0.1) is 0 Å². The van der Waals surface area contributed by atoms with Gasteiger partial charge in [0, 0.05) is 10.6 Å². The van der Waals surface area contributed by atoms with Crippen molar-refractivity contribution in [1.29, 1.82) is 0 Å². The number of carbonyl (C=O) groups excluding carboxylic acids is 1. The van der Waals surface area contributed by atoms with Gasteiger partial charge in [-0.15, -0.1) is 11.8 Å². The smallest absolute Gasteiger partial charge is 0.175 e. The number of ether oxygens (including phenoxy) is 1. The van der Waals surface area contributed by atoms with Crippen LogP contribution in [0.4, 0.5) is 0 Å². The number of rotatable bonds is 4. The van der Waals surface area contributed by atoms with E-state index < -0.39 is 0 Å². The maximum atomic E-state index is 12.0. The number of benzene rings is 1. The molecule has 0 saturated carbocycles. The van der Waals surface area contributed by atoms with E-state index in [0.717, 1.165) is 18.8 Å². The zero-order valence-corrected chi connectivity index (χ0v) is 10.6. The van der Waals surface area contributed by atoms with E-state index in [1.165, 1.54) is 0 Å². The summed E-state index contributed by atoms with van der Waals surface area (Å²) in [6.07, 6.45) is 0. The lowest BCUT2D eigenvalue weighted by molar-refractivity contribution is 0.0453. The average Bonchev–Trinajstić information content (AvgIpc) is 2.23. The molecular weight excluding hydrogens is 244 g/mol. The first-order chi connectivity index (χ1) is 7.66. The largest absolute Gasteiger partial charge is 0.379 e. The van der Waals surface area contributed by atoms with Gasteiger partial charge in [-0.3, -0.25) is 4.79 Å². The Hall–Kier alpha value is -0.510. The van der Waals surface area contributed by atoms with Gasteiger partial charge in [0.05, 0.1) is 23.7 Å². The molecule has 0 spiro atoms. The minimum atomic E-state index is -0.0184. The average molecular weight is 257 g/mol. The molecular formula is C12H13ClO2S. The van der Waals surface area contributed by atoms with Crippen LogP contribution in [0.25, 0.3) is 0 Å². The Morgan fingerprint density at radius 1 is 1.44 bits per heavy atom. The monoisotopic (exact) mass is 256 g/mol. The Balaban J connectivity index is 1.97. The van der Waals surface area contributed by atoms with E-state index in [0.29, 0.717) is 10.3 Å². The number of hydrogen-bond donors (Lipinski definition) is 0. The zero-order chi connectivity index (χ0) is 11.5. The topological polar surface area (TPSA) is 26.3 Å². The highest BCUT2D eigenvalue weighted by Crippen LogP contribution is 2.26. The summed E-state index contributed by atoms with van der Waals surface area (Å²) in [6, 6.07) is 7.05. The molecule has 2 nitrogen and oxygen atoms in total. The molecule has 0 bridgehead atoms. The summed E-state index contributed by atoms with van der Waals surface area (Å²) in [5.74, 6) is 0.161. The maximum absolute atomic E-state index is 12.0. The fraction of sp³-hybridized carbons (Fsp3) is 0.417. The molecule has 1 heterocycles. The van der Waals surface area contributed by atoms with E-state index in [-0.39, 0.29) is 11.0 Å². The second-order valence-corrected chi connectivity index (χ2v) is 5.89. The van der Waals surface area contributed by atoms with Crippen molar-refractivity contribution in [2.45, 2.75) is 17.4 Å². The maximum Gasteiger partial charge on any atom is 0.175 e. The number of halogens is 1. The van der Waals surface area contributed by atoms with Crippen LogP contribution in [0.1, 0.15) is 17.3 Å². The van der Waals surface area contributed by atoms with Crippen molar-refractivity contribution in [1.82, 2.24) is 0 Å². The molecule has 1 aliphatic heterocycles. The highest BCUT2D eigenvalue weighted by atomic mass is 35.5. The van der Waals surface area contributed by atoms with Crippen LogP contribution >= 0.6 is 23.4 Å². The van der Waals surface area contributed by atoms with Crippen molar-refractivity contribution >= 4 is 29.1 Å². The molecule has 1 fully saturated rings. The van der Waals surface area contributed by atoms with Crippen molar-refractivity contribution in [2.24, 2.45) is 0 Å². The van der Waals surface area contributed by atoms with Crippen LogP contribution < -0.4 is 0 Å². The molecule has 1 aliphatic rings. The van der Waals surface area contributed by atoms with Gasteiger partial charge < -0.3 is 4.74 Å². The predicted molar refractivity (Wildman–Crippen MR) is 67.4 cm³/mol. The van der Waals surface area contributed by atoms with Crippen LogP contribution in [0.5, 0.6) is 0 Å². The Bertz CT molecular complexity index is 373. The summed E-state index contributed by atoms with van der Waals surface area (Å²) in [4.78, 5) is 12.0. The summed E-state index contributed by atoms with van der Waals surface area (Å²) in [5, 5.41) is 1.12. The fourth-order valence-corrected chi connectivity index (χ4v) is 2.80. The lowest BCUT2D eigenvalue weighted by Gasteiger charge is -2.27. The SMILES string of the molecule is CC(SC1COC1)C(=O)c1ccc(Cl)cc1. The minimum absolute atomic E-state index is 0.0184. The van der Waals surface area contributed by atoms with Gasteiger partial charge in [-0.2, -0.15) is 0 Å². The second kappa shape index (κ2) is 5.21. The molecule has 16 heavy (non-hydrogen) atoms. The molecule has 1 aromatic carbocycles. The van der Waals surface area contributed by atoms with Gasteiger partial charge in [0.2, 0.25) is 0 Å². The van der Waals surface area contributed by atoms with Gasteiger partial charge in [0.1, 0.15) is 0 Å². The van der Waals surface area contributed by atoms with Crippen molar-refractivity contribution in [3.8, 4) is 0 Å². The zero-order valence-electron chi connectivity index (χ0n) is 8.98. The first-order valence-corrected chi connectivity index (χ1v) is 6.52. The molecule has 0 aromatic heterocycles. The lowest BCUT2D eigenvalue weighted by Crippen LogP contribution is -2.33. The molecule has 1 aromatic rings. The number of carbonyl (C=O) groups is 1. The van der Waals surface area contributed by atoms with E-state index in [4.69, 9.17) is 16.3 Å². The number of thioether (sulfide) groups is 1. The first kappa shape index (κ1) is 12.0. The highest BCUT2D eigenvalue weighted by Gasteiger charge is 2.25. The molecule has 0 amide bonds. The number of hydrogen-bond acceptors (Lipinski definition) is 3. The standard InChI is InChI=1S/C12H13ClO2S/c1-8(16-11-6-15-7-11)12(14)9-2-4-10(13)5-3-9/h2-5,8,11H,6-7H2,1H3. The Morgan fingerprint density at radius 3 is 2.56 bits per heavy atom. The lowest BCUT2D eigenvalue weighted by atomic mass is 10.1. The van der Waals surface area contributed by atoms with Gasteiger partial charge in [-0.1, -0.05) is 11.6 Å². The van der Waals surface area contributed by atoms with Crippen molar-refractivity contribution in [3.05, 3.63) is 34.9 Å². The molecule has 0 radical (unpaired) electrons. The Labute approximate surface area is 104 Å². The van der Waals surface area contributed by atoms with Crippen molar-refractivity contribution < 1.29 is 9.53 Å². The first-order valence-electron chi connectivity index (χ1n) is 5.20. The third-order valence-corrected chi connectivity index (χ3v) is 4.03. The number of Topliss-reactive ketones (excluding diaryl/α,β-unsaturated/α-hetero) is 1. The van der Waals surface area contributed by atoms with Crippen molar-refractivity contribution in [3.63, 3.8) is 0 Å². The normalized spacial score (nSPS) is 17.9. The molecule has 1 saturated heterocycles. The molecule has 4 heteroatoms. The Kier molecular flexibility index (Phi) is 3.90. The molecule has 0 N–H and O–H groups in total. The van der Waals surface area contributed by atoms with Crippen LogP contribution in [-0.4, -0.2) is 29.5 Å². The van der Waals surface area contributed by atoms with Crippen LogP contribution in [0.3, 0.4) is 0 Å². The molecule has 86 valence electrons. The summed E-state index contributed by atoms with van der Waals surface area (Å²) in [5.41, 5.74) is 0.727. The third-order valence-electron chi connectivity index (χ3n) is 2.50. The van der Waals surface area contributed by atoms with Crippen LogP contribution in [0.15, 0.2) is 24.3 Å². The third kappa shape index (κ3) is 2.78. The van der Waals surface area contributed by atoms with Gasteiger partial charge in [-0.05, 0) is 31.2 Å². The molecule has 2 rings (SSSR count). The quantitative estimate of drug-likeness (QED) is 0.775. The van der Waals surface area contributed by atoms with E-state index >= 15 is 0 Å². The fourth-order valence-electron chi connectivity index (χ4n) is 1.49. The van der Waals surface area contributed by atoms with Crippen molar-refractivity contribution in [2.75, 3.05) is 13.2 Å².